The topological polar surface area (TPSA) is 450 Å². The highest BCUT2D eigenvalue weighted by atomic mass is 16.4. The molecule has 5 aliphatic rings. The summed E-state index contributed by atoms with van der Waals surface area (Å²) in [6, 6.07) is -15.3. The zero-order valence-electron chi connectivity index (χ0n) is 59.8. The average Bonchev–Trinajstić information content (AvgIpc) is 1.63. The van der Waals surface area contributed by atoms with Gasteiger partial charge in [-0.2, -0.15) is 0 Å². The fourth-order valence-corrected chi connectivity index (χ4v) is 13.9. The minimum absolute atomic E-state index is 0.0411. The third-order valence-electron chi connectivity index (χ3n) is 19.1. The van der Waals surface area contributed by atoms with E-state index in [1.807, 2.05) is 41.5 Å². The Hall–Kier alpha value is -8.29. The van der Waals surface area contributed by atoms with Crippen molar-refractivity contribution in [1.29, 1.82) is 0 Å². The summed E-state index contributed by atoms with van der Waals surface area (Å²) in [7, 11) is 0. The predicted octanol–water partition coefficient (Wildman–Crippen LogP) is -0.673. The van der Waals surface area contributed by atoms with Gasteiger partial charge in [-0.3, -0.25) is 62.3 Å². The number of rotatable bonds is 35. The second-order valence-electron chi connectivity index (χ2n) is 29.3. The Morgan fingerprint density at radius 2 is 0.870 bits per heavy atom. The van der Waals surface area contributed by atoms with Gasteiger partial charge in [0.05, 0.1) is 18.5 Å². The molecule has 5 aliphatic heterocycles. The van der Waals surface area contributed by atoms with E-state index in [9.17, 15) is 82.4 Å². The van der Waals surface area contributed by atoms with Gasteiger partial charge in [-0.25, -0.2) is 9.78 Å². The van der Waals surface area contributed by atoms with Crippen LogP contribution in [0.25, 0.3) is 0 Å². The molecule has 14 atom stereocenters. The van der Waals surface area contributed by atoms with Gasteiger partial charge < -0.3 is 87.8 Å². The number of aliphatic hydroxyl groups excluding tert-OH is 1. The smallest absolute Gasteiger partial charge is 0.326 e. The van der Waals surface area contributed by atoms with Gasteiger partial charge in [-0.15, -0.1) is 0 Å². The summed E-state index contributed by atoms with van der Waals surface area (Å²) >= 11 is 0. The first-order chi connectivity index (χ1) is 47.2. The molecule has 558 valence electrons. The third kappa shape index (κ3) is 22.1. The summed E-state index contributed by atoms with van der Waals surface area (Å²) in [5, 5.41) is 55.4. The first-order valence-corrected chi connectivity index (χ1v) is 35.7. The average molecular weight is 1410 g/mol. The molecule has 6 heterocycles. The second-order valence-corrected chi connectivity index (χ2v) is 29.3. The number of likely N-dealkylation sites (tertiary alicyclic amines) is 4. The van der Waals surface area contributed by atoms with Crippen LogP contribution >= 0.6 is 0 Å². The molecular weight excluding hydrogens is 1300 g/mol. The molecule has 13 N–H and O–H groups in total. The number of nitrogens with one attached hydrogen (secondary N) is 10. The number of hydrogen-bond acceptors (Lipinski definition) is 17. The van der Waals surface area contributed by atoms with E-state index in [4.69, 9.17) is 0 Å². The summed E-state index contributed by atoms with van der Waals surface area (Å²) in [4.78, 5) is 207. The quantitative estimate of drug-likeness (QED) is 0.0401. The number of nitrogens with zero attached hydrogens (tertiary/aromatic N) is 5. The van der Waals surface area contributed by atoms with Gasteiger partial charge in [-0.05, 0) is 133 Å². The van der Waals surface area contributed by atoms with Gasteiger partial charge >= 0.3 is 11.9 Å². The number of carboxylic acid groups (broad SMARTS) is 2. The van der Waals surface area contributed by atoms with Crippen LogP contribution in [0.1, 0.15) is 178 Å². The number of carbonyl (C=O) groups is 14. The lowest BCUT2D eigenvalue weighted by atomic mass is 9.98. The van der Waals surface area contributed by atoms with Crippen molar-refractivity contribution in [3.63, 3.8) is 0 Å². The van der Waals surface area contributed by atoms with Crippen molar-refractivity contribution < 1.29 is 82.4 Å². The van der Waals surface area contributed by atoms with E-state index in [2.05, 4.69) is 57.8 Å². The van der Waals surface area contributed by atoms with Crippen molar-refractivity contribution in [3.8, 4) is 0 Å². The lowest BCUT2D eigenvalue weighted by molar-refractivity contribution is -0.149. The van der Waals surface area contributed by atoms with Gasteiger partial charge in [0.2, 0.25) is 70.9 Å². The predicted molar refractivity (Wildman–Crippen MR) is 362 cm³/mol. The van der Waals surface area contributed by atoms with Crippen LogP contribution in [0.3, 0.4) is 0 Å². The van der Waals surface area contributed by atoms with Gasteiger partial charge in [-0.1, -0.05) is 69.2 Å². The van der Waals surface area contributed by atoms with Gasteiger partial charge in [0.25, 0.3) is 0 Å². The minimum atomic E-state index is -1.61. The lowest BCUT2D eigenvalue weighted by Crippen LogP contribution is -2.62. The van der Waals surface area contributed by atoms with E-state index < -0.39 is 186 Å². The Labute approximate surface area is 584 Å². The Morgan fingerprint density at radius 3 is 1.32 bits per heavy atom. The van der Waals surface area contributed by atoms with Gasteiger partial charge in [0, 0.05) is 50.9 Å². The summed E-state index contributed by atoms with van der Waals surface area (Å²) in [6.07, 6.45) is 4.46. The van der Waals surface area contributed by atoms with Crippen LogP contribution in [0.2, 0.25) is 0 Å². The molecule has 32 nitrogen and oxygen atoms in total. The standard InChI is InChI=1S/C68H109N15O17/c1-35(2)29-44(58(89)74-45(30-36(3)4)65(96)83-28-16-21-51(83)68(99)100)73-62(93)54(39(9)10)78-60(91)50-20-15-27-82(50)67(98)55(40(11)84)79-61(92)49-19-14-26-81(49)64(95)46(31-37(5)6)75-59(90)48-18-13-25-80(48)66(97)47(32-41-33-69-34-71-41)76-63(94)53(38(7)8)77-57(88)43(22-23-52(85)86)72-56(87)42-17-12-24-70-42/h33-40,42-51,53-55,70,84H,12-32H2,1-11H3,(H,69,71)(H,72,87)(H,73,93)(H,74,89)(H,75,90)(H,76,94)(H,77,88)(H,78,91)(H,79,92)(H,85,86)(H,99,100)/t40-,42+,43+,44+,45+,46+,47+,48+,49+,50+,51+,53+,54+,55+/m1/s1. The molecule has 0 aromatic carbocycles. The molecule has 0 radical (unpaired) electrons. The Kier molecular flexibility index (Phi) is 30.2. The zero-order valence-corrected chi connectivity index (χ0v) is 59.8. The number of H-pyrrole nitrogens is 1. The number of aromatic amines is 1. The van der Waals surface area contributed by atoms with Crippen molar-refractivity contribution in [2.45, 2.75) is 264 Å². The van der Waals surface area contributed by atoms with Crippen LogP contribution < -0.4 is 47.9 Å². The molecule has 12 amide bonds. The number of hydrogen-bond donors (Lipinski definition) is 13. The number of imidazole rings is 1. The van der Waals surface area contributed by atoms with Crippen molar-refractivity contribution >= 4 is 82.8 Å². The van der Waals surface area contributed by atoms with Crippen LogP contribution in [0.15, 0.2) is 12.5 Å². The molecule has 5 fully saturated rings. The van der Waals surface area contributed by atoms with Crippen molar-refractivity contribution in [2.24, 2.45) is 29.6 Å². The summed E-state index contributed by atoms with van der Waals surface area (Å²) in [6.45, 7) is 20.0. The molecular formula is C68H109N15O17. The summed E-state index contributed by atoms with van der Waals surface area (Å²) < 4.78 is 0. The van der Waals surface area contributed by atoms with E-state index in [1.165, 1.54) is 39.0 Å². The second kappa shape index (κ2) is 37.4. The molecule has 1 aromatic rings. The largest absolute Gasteiger partial charge is 0.481 e. The molecule has 0 aliphatic carbocycles. The molecule has 100 heavy (non-hydrogen) atoms. The van der Waals surface area contributed by atoms with Crippen LogP contribution in [0, 0.1) is 29.6 Å². The molecule has 6 rings (SSSR count). The van der Waals surface area contributed by atoms with E-state index in [-0.39, 0.29) is 102 Å². The molecule has 0 bridgehead atoms. The number of carboxylic acids is 2. The van der Waals surface area contributed by atoms with Crippen LogP contribution in [-0.4, -0.2) is 245 Å². The van der Waals surface area contributed by atoms with Crippen LogP contribution in [-0.2, 0) is 73.5 Å². The zero-order chi connectivity index (χ0) is 74.0. The number of carbonyl (C=O) groups excluding carboxylic acids is 12. The summed E-state index contributed by atoms with van der Waals surface area (Å²) in [5.74, 6) is -12.1. The number of aliphatic hydroxyl groups is 1. The molecule has 0 saturated carbocycles. The molecule has 0 unspecified atom stereocenters. The SMILES string of the molecule is CC(C)C[C@H](NC(=O)[C@@H](NC(=O)[C@@H]1CCCN1C(=O)[C@@H](NC(=O)[C@@H]1CCCN1C(=O)[C@H](CC(C)C)NC(=O)[C@@H]1CCCN1C(=O)[C@H](Cc1cnc[nH]1)NC(=O)[C@@H](NC(=O)[C@H](CCC(=O)O)NC(=O)[C@@H]1CCCN1)C(C)C)[C@@H](C)O)C(C)C)C(=O)N[C@@H](CC(C)C)C(=O)N1CCC[C@H]1C(=O)O. The van der Waals surface area contributed by atoms with E-state index in [0.717, 1.165) is 6.42 Å². The highest BCUT2D eigenvalue weighted by Gasteiger charge is 2.47. The Balaban J connectivity index is 1.11. The van der Waals surface area contributed by atoms with Crippen molar-refractivity contribution in [3.05, 3.63) is 18.2 Å². The van der Waals surface area contributed by atoms with Gasteiger partial charge in [0.15, 0.2) is 0 Å². The van der Waals surface area contributed by atoms with E-state index in [0.29, 0.717) is 44.3 Å². The molecule has 5 saturated heterocycles. The highest BCUT2D eigenvalue weighted by molar-refractivity contribution is 6.00. The first-order valence-electron chi connectivity index (χ1n) is 35.7. The Morgan fingerprint density at radius 1 is 0.460 bits per heavy atom. The van der Waals surface area contributed by atoms with Crippen LogP contribution in [0.4, 0.5) is 0 Å². The first kappa shape index (κ1) is 80.7. The molecule has 0 spiro atoms. The van der Waals surface area contributed by atoms with Crippen molar-refractivity contribution in [2.75, 3.05) is 32.7 Å². The maximum Gasteiger partial charge on any atom is 0.326 e. The van der Waals surface area contributed by atoms with E-state index in [1.54, 1.807) is 27.7 Å². The Bertz CT molecular complexity index is 3060. The number of aliphatic carboxylic acids is 2. The molecule has 1 aromatic heterocycles. The summed E-state index contributed by atoms with van der Waals surface area (Å²) in [5.41, 5.74) is 0.443. The third-order valence-corrected chi connectivity index (χ3v) is 19.1. The van der Waals surface area contributed by atoms with Gasteiger partial charge in [0.1, 0.15) is 72.5 Å². The molecule has 32 heteroatoms. The maximum atomic E-state index is 14.8. The number of aromatic nitrogens is 2. The van der Waals surface area contributed by atoms with E-state index >= 15 is 0 Å². The lowest BCUT2D eigenvalue weighted by Gasteiger charge is -2.34. The fraction of sp³-hybridized carbons (Fsp3) is 0.750. The van der Waals surface area contributed by atoms with Crippen molar-refractivity contribution in [1.82, 2.24) is 77.4 Å². The number of amides is 12. The monoisotopic (exact) mass is 1410 g/mol. The highest BCUT2D eigenvalue weighted by Crippen LogP contribution is 2.27. The van der Waals surface area contributed by atoms with Crippen LogP contribution in [0.5, 0.6) is 0 Å². The maximum absolute atomic E-state index is 14.8. The minimum Gasteiger partial charge on any atom is -0.481 e. The fourth-order valence-electron chi connectivity index (χ4n) is 13.9. The normalized spacial score (nSPS) is 21.9.